The van der Waals surface area contributed by atoms with Crippen LogP contribution in [0.25, 0.3) is 0 Å². The average Bonchev–Trinajstić information content (AvgIpc) is 2.39. The van der Waals surface area contributed by atoms with Crippen LogP contribution in [-0.2, 0) is 6.42 Å². The molecule has 2 rings (SSSR count). The lowest BCUT2D eigenvalue weighted by atomic mass is 9.96. The Morgan fingerprint density at radius 1 is 1.32 bits per heavy atom. The number of nitrogen functional groups attached to an aromatic ring is 1. The normalized spacial score (nSPS) is 18.1. The molecule has 0 atom stereocenters. The van der Waals surface area contributed by atoms with Crippen molar-refractivity contribution < 1.29 is 0 Å². The van der Waals surface area contributed by atoms with Crippen molar-refractivity contribution >= 4 is 5.69 Å². The Kier molecular flexibility index (Phi) is 5.23. The maximum atomic E-state index is 5.81. The summed E-state index contributed by atoms with van der Waals surface area (Å²) in [4.78, 5) is 4.91. The van der Waals surface area contributed by atoms with Gasteiger partial charge in [-0.25, -0.2) is 0 Å². The van der Waals surface area contributed by atoms with Crippen molar-refractivity contribution in [2.24, 2.45) is 5.92 Å². The Hall–Kier alpha value is -1.06. The molecule has 0 spiro atoms. The molecule has 106 valence electrons. The minimum absolute atomic E-state index is 0.871. The number of hydrogen-bond acceptors (Lipinski definition) is 3. The minimum Gasteiger partial charge on any atom is -0.399 e. The fourth-order valence-corrected chi connectivity index (χ4v) is 2.85. The van der Waals surface area contributed by atoms with Crippen LogP contribution in [0.5, 0.6) is 0 Å². The number of nitrogens with zero attached hydrogens (tertiary/aromatic N) is 2. The third-order valence-corrected chi connectivity index (χ3v) is 4.14. The SMILES string of the molecule is CN1CCC(CN(C)CCc2cccc(N)c2)CC1. The average molecular weight is 261 g/mol. The zero-order chi connectivity index (χ0) is 13.7. The fraction of sp³-hybridized carbons (Fsp3) is 0.625. The van der Waals surface area contributed by atoms with E-state index in [-0.39, 0.29) is 0 Å². The molecular formula is C16H27N3. The molecule has 1 aliphatic rings. The van der Waals surface area contributed by atoms with Gasteiger partial charge in [0.25, 0.3) is 0 Å². The zero-order valence-electron chi connectivity index (χ0n) is 12.3. The Morgan fingerprint density at radius 3 is 2.74 bits per heavy atom. The lowest BCUT2D eigenvalue weighted by Crippen LogP contribution is -2.36. The Morgan fingerprint density at radius 2 is 2.05 bits per heavy atom. The third kappa shape index (κ3) is 4.84. The van der Waals surface area contributed by atoms with E-state index in [1.165, 1.54) is 38.0 Å². The number of likely N-dealkylation sites (N-methyl/N-ethyl adjacent to an activating group) is 1. The van der Waals surface area contributed by atoms with E-state index in [1.54, 1.807) is 0 Å². The van der Waals surface area contributed by atoms with Crippen molar-refractivity contribution in [3.63, 3.8) is 0 Å². The van der Waals surface area contributed by atoms with E-state index >= 15 is 0 Å². The molecule has 0 saturated carbocycles. The molecular weight excluding hydrogens is 234 g/mol. The first kappa shape index (κ1) is 14.4. The van der Waals surface area contributed by atoms with Crippen LogP contribution in [0, 0.1) is 5.92 Å². The first-order valence-electron chi connectivity index (χ1n) is 7.35. The van der Waals surface area contributed by atoms with Crippen molar-refractivity contribution in [2.45, 2.75) is 19.3 Å². The summed E-state index contributed by atoms with van der Waals surface area (Å²) in [6, 6.07) is 8.25. The molecule has 19 heavy (non-hydrogen) atoms. The molecule has 0 aliphatic carbocycles. The Bertz CT molecular complexity index is 383. The Balaban J connectivity index is 1.71. The van der Waals surface area contributed by atoms with E-state index in [9.17, 15) is 0 Å². The van der Waals surface area contributed by atoms with Crippen molar-refractivity contribution in [3.05, 3.63) is 29.8 Å². The number of hydrogen-bond donors (Lipinski definition) is 1. The van der Waals surface area contributed by atoms with Gasteiger partial charge in [-0.1, -0.05) is 12.1 Å². The van der Waals surface area contributed by atoms with Gasteiger partial charge in [0.05, 0.1) is 0 Å². The summed E-state index contributed by atoms with van der Waals surface area (Å²) in [5.74, 6) is 0.877. The molecule has 3 heteroatoms. The predicted octanol–water partition coefficient (Wildman–Crippen LogP) is 2.08. The predicted molar refractivity (Wildman–Crippen MR) is 82.3 cm³/mol. The van der Waals surface area contributed by atoms with Gasteiger partial charge >= 0.3 is 0 Å². The van der Waals surface area contributed by atoms with E-state index in [4.69, 9.17) is 5.73 Å². The molecule has 1 heterocycles. The van der Waals surface area contributed by atoms with Crippen molar-refractivity contribution in [1.29, 1.82) is 0 Å². The zero-order valence-corrected chi connectivity index (χ0v) is 12.3. The summed E-state index contributed by atoms with van der Waals surface area (Å²) in [5.41, 5.74) is 8.02. The number of nitrogens with two attached hydrogens (primary N) is 1. The summed E-state index contributed by atoms with van der Waals surface area (Å²) >= 11 is 0. The second-order valence-corrected chi connectivity index (χ2v) is 6.00. The Labute approximate surface area is 117 Å². The first-order chi connectivity index (χ1) is 9.13. The van der Waals surface area contributed by atoms with Gasteiger partial charge in [0.1, 0.15) is 0 Å². The van der Waals surface area contributed by atoms with Crippen LogP contribution in [0.15, 0.2) is 24.3 Å². The molecule has 1 aliphatic heterocycles. The maximum Gasteiger partial charge on any atom is 0.0316 e. The first-order valence-corrected chi connectivity index (χ1v) is 7.35. The maximum absolute atomic E-state index is 5.81. The van der Waals surface area contributed by atoms with Crippen LogP contribution in [0.4, 0.5) is 5.69 Å². The topological polar surface area (TPSA) is 32.5 Å². The van der Waals surface area contributed by atoms with Crippen molar-refractivity contribution in [2.75, 3.05) is 46.0 Å². The molecule has 0 unspecified atom stereocenters. The molecule has 2 N–H and O–H groups in total. The van der Waals surface area contributed by atoms with Crippen LogP contribution in [-0.4, -0.2) is 50.1 Å². The van der Waals surface area contributed by atoms with Crippen LogP contribution in [0.3, 0.4) is 0 Å². The van der Waals surface area contributed by atoms with Gasteiger partial charge in [0.2, 0.25) is 0 Å². The number of likely N-dealkylation sites (tertiary alicyclic amines) is 1. The van der Waals surface area contributed by atoms with Gasteiger partial charge in [-0.15, -0.1) is 0 Å². The van der Waals surface area contributed by atoms with E-state index < -0.39 is 0 Å². The molecule has 0 aromatic heterocycles. The van der Waals surface area contributed by atoms with Gasteiger partial charge in [-0.3, -0.25) is 0 Å². The molecule has 1 saturated heterocycles. The summed E-state index contributed by atoms with van der Waals surface area (Å²) < 4.78 is 0. The highest BCUT2D eigenvalue weighted by Gasteiger charge is 2.17. The number of benzene rings is 1. The van der Waals surface area contributed by atoms with E-state index in [1.807, 2.05) is 12.1 Å². The van der Waals surface area contributed by atoms with Crippen LogP contribution in [0.1, 0.15) is 18.4 Å². The molecule has 1 aromatic carbocycles. The van der Waals surface area contributed by atoms with Gasteiger partial charge in [-0.05, 0) is 70.1 Å². The molecule has 0 amide bonds. The van der Waals surface area contributed by atoms with E-state index in [0.717, 1.165) is 24.6 Å². The van der Waals surface area contributed by atoms with E-state index in [0.29, 0.717) is 0 Å². The molecule has 1 aromatic rings. The molecule has 1 fully saturated rings. The quantitative estimate of drug-likeness (QED) is 0.824. The largest absolute Gasteiger partial charge is 0.399 e. The van der Waals surface area contributed by atoms with Gasteiger partial charge in [0.15, 0.2) is 0 Å². The van der Waals surface area contributed by atoms with Crippen LogP contribution >= 0.6 is 0 Å². The highest BCUT2D eigenvalue weighted by Crippen LogP contribution is 2.17. The summed E-state index contributed by atoms with van der Waals surface area (Å²) in [6.45, 7) is 4.87. The fourth-order valence-electron chi connectivity index (χ4n) is 2.85. The van der Waals surface area contributed by atoms with Crippen molar-refractivity contribution in [1.82, 2.24) is 9.80 Å². The van der Waals surface area contributed by atoms with Crippen molar-refractivity contribution in [3.8, 4) is 0 Å². The highest BCUT2D eigenvalue weighted by molar-refractivity contribution is 5.40. The summed E-state index contributed by atoms with van der Waals surface area (Å²) in [7, 11) is 4.46. The minimum atomic E-state index is 0.871. The highest BCUT2D eigenvalue weighted by atomic mass is 15.1. The third-order valence-electron chi connectivity index (χ3n) is 4.14. The summed E-state index contributed by atoms with van der Waals surface area (Å²) in [5, 5.41) is 0. The molecule has 3 nitrogen and oxygen atoms in total. The smallest absolute Gasteiger partial charge is 0.0316 e. The lowest BCUT2D eigenvalue weighted by Gasteiger charge is -2.31. The summed E-state index contributed by atoms with van der Waals surface area (Å²) in [6.07, 6.45) is 3.78. The van der Waals surface area contributed by atoms with Gasteiger partial charge < -0.3 is 15.5 Å². The number of rotatable bonds is 5. The lowest BCUT2D eigenvalue weighted by molar-refractivity contribution is 0.177. The van der Waals surface area contributed by atoms with E-state index in [2.05, 4.69) is 36.0 Å². The molecule has 0 bridgehead atoms. The standard InChI is InChI=1S/C16H27N3/c1-18-9-7-15(8-10-18)13-19(2)11-6-14-4-3-5-16(17)12-14/h3-5,12,15H,6-11,13,17H2,1-2H3. The number of anilines is 1. The number of piperidine rings is 1. The molecule has 0 radical (unpaired) electrons. The second kappa shape index (κ2) is 6.92. The van der Waals surface area contributed by atoms with Gasteiger partial charge in [-0.2, -0.15) is 0 Å². The monoisotopic (exact) mass is 261 g/mol. The van der Waals surface area contributed by atoms with Gasteiger partial charge in [0, 0.05) is 18.8 Å². The second-order valence-electron chi connectivity index (χ2n) is 6.00. The van der Waals surface area contributed by atoms with Crippen LogP contribution < -0.4 is 5.73 Å². The van der Waals surface area contributed by atoms with Crippen LogP contribution in [0.2, 0.25) is 0 Å².